The molecule has 1 atom stereocenters. The Labute approximate surface area is 108 Å². The third-order valence-corrected chi connectivity index (χ3v) is 3.61. The third kappa shape index (κ3) is 2.55. The van der Waals surface area contributed by atoms with Crippen LogP contribution >= 0.6 is 0 Å². The molecule has 0 saturated heterocycles. The topological polar surface area (TPSA) is 50.9 Å². The highest BCUT2D eigenvalue weighted by Crippen LogP contribution is 2.28. The van der Waals surface area contributed by atoms with Gasteiger partial charge in [-0.25, -0.2) is 0 Å². The molecule has 3 nitrogen and oxygen atoms in total. The molecule has 3 N–H and O–H groups in total. The lowest BCUT2D eigenvalue weighted by molar-refractivity contribution is 0.440. The molecule has 0 radical (unpaired) electrons. The van der Waals surface area contributed by atoms with Gasteiger partial charge in [0.1, 0.15) is 0 Å². The highest BCUT2D eigenvalue weighted by atomic mass is 14.9. The van der Waals surface area contributed by atoms with Gasteiger partial charge >= 0.3 is 0 Å². The van der Waals surface area contributed by atoms with Crippen LogP contribution in [0.4, 0.5) is 11.4 Å². The summed E-state index contributed by atoms with van der Waals surface area (Å²) in [5, 5.41) is 5.58. The molecule has 0 aliphatic heterocycles. The zero-order valence-electron chi connectivity index (χ0n) is 11.3. The van der Waals surface area contributed by atoms with Crippen LogP contribution in [0.5, 0.6) is 0 Å². The van der Waals surface area contributed by atoms with Gasteiger partial charge in [0.15, 0.2) is 0 Å². The number of rotatable bonds is 4. The second-order valence-corrected chi connectivity index (χ2v) is 5.23. The number of fused-ring (bicyclic) bond motifs is 1. The summed E-state index contributed by atoms with van der Waals surface area (Å²) in [6.07, 6.45) is 3.62. The van der Waals surface area contributed by atoms with E-state index in [1.54, 1.807) is 6.20 Å². The van der Waals surface area contributed by atoms with Crippen LogP contribution in [0.25, 0.3) is 10.8 Å². The fraction of sp³-hybridized carbons (Fsp3) is 0.400. The van der Waals surface area contributed by atoms with Crippen molar-refractivity contribution >= 4 is 22.1 Å². The predicted octanol–water partition coefficient (Wildman–Crippen LogP) is 3.52. The van der Waals surface area contributed by atoms with Crippen molar-refractivity contribution < 1.29 is 0 Å². The fourth-order valence-corrected chi connectivity index (χ4v) is 1.85. The number of aromatic nitrogens is 1. The molecule has 3 heteroatoms. The number of benzene rings is 1. The molecule has 2 rings (SSSR count). The summed E-state index contributed by atoms with van der Waals surface area (Å²) < 4.78 is 0. The van der Waals surface area contributed by atoms with Crippen molar-refractivity contribution in [2.75, 3.05) is 17.6 Å². The SMILES string of the molecule is CC(C)C(C)CNc1ccc2cnccc2c1N. The first-order valence-electron chi connectivity index (χ1n) is 6.45. The molecule has 2 aromatic rings. The van der Waals surface area contributed by atoms with Crippen LogP contribution in [0.3, 0.4) is 0 Å². The first-order valence-corrected chi connectivity index (χ1v) is 6.45. The van der Waals surface area contributed by atoms with Crippen LogP contribution in [-0.2, 0) is 0 Å². The highest BCUT2D eigenvalue weighted by Gasteiger charge is 2.08. The van der Waals surface area contributed by atoms with Gasteiger partial charge in [0.2, 0.25) is 0 Å². The van der Waals surface area contributed by atoms with Gasteiger partial charge in [0.05, 0.1) is 11.4 Å². The zero-order valence-corrected chi connectivity index (χ0v) is 11.3. The van der Waals surface area contributed by atoms with E-state index in [9.17, 15) is 0 Å². The Balaban J connectivity index is 2.21. The molecule has 0 bridgehead atoms. The summed E-state index contributed by atoms with van der Waals surface area (Å²) in [4.78, 5) is 4.11. The molecule has 0 fully saturated rings. The van der Waals surface area contributed by atoms with E-state index in [-0.39, 0.29) is 0 Å². The average Bonchev–Trinajstić information content (AvgIpc) is 2.38. The summed E-state index contributed by atoms with van der Waals surface area (Å²) >= 11 is 0. The van der Waals surface area contributed by atoms with Gasteiger partial charge in [-0.3, -0.25) is 4.98 Å². The molecule has 1 unspecified atom stereocenters. The maximum absolute atomic E-state index is 6.19. The lowest BCUT2D eigenvalue weighted by atomic mass is 9.98. The van der Waals surface area contributed by atoms with Crippen molar-refractivity contribution in [2.45, 2.75) is 20.8 Å². The average molecular weight is 243 g/mol. The quantitative estimate of drug-likeness (QED) is 0.808. The van der Waals surface area contributed by atoms with Crippen LogP contribution < -0.4 is 11.1 Å². The molecule has 0 saturated carbocycles. The van der Waals surface area contributed by atoms with Crippen molar-refractivity contribution in [1.82, 2.24) is 4.98 Å². The van der Waals surface area contributed by atoms with Gasteiger partial charge < -0.3 is 11.1 Å². The smallest absolute Gasteiger partial charge is 0.0630 e. The number of nitrogens with two attached hydrogens (primary N) is 1. The Morgan fingerprint density at radius 2 is 2.00 bits per heavy atom. The number of hydrogen-bond acceptors (Lipinski definition) is 3. The van der Waals surface area contributed by atoms with Crippen molar-refractivity contribution in [1.29, 1.82) is 0 Å². The molecule has 96 valence electrons. The van der Waals surface area contributed by atoms with Gasteiger partial charge in [-0.2, -0.15) is 0 Å². The molecule has 0 aliphatic rings. The van der Waals surface area contributed by atoms with Gasteiger partial charge in [0, 0.05) is 29.7 Å². The first-order chi connectivity index (χ1) is 8.59. The Kier molecular flexibility index (Phi) is 3.70. The minimum absolute atomic E-state index is 0.623. The highest BCUT2D eigenvalue weighted by molar-refractivity contribution is 5.98. The van der Waals surface area contributed by atoms with E-state index >= 15 is 0 Å². The maximum Gasteiger partial charge on any atom is 0.0630 e. The predicted molar refractivity (Wildman–Crippen MR) is 78.6 cm³/mol. The Morgan fingerprint density at radius 3 is 2.72 bits per heavy atom. The summed E-state index contributed by atoms with van der Waals surface area (Å²) in [6, 6.07) is 6.05. The van der Waals surface area contributed by atoms with E-state index in [1.807, 2.05) is 18.3 Å². The van der Waals surface area contributed by atoms with E-state index in [1.165, 1.54) is 0 Å². The van der Waals surface area contributed by atoms with Crippen LogP contribution in [0.2, 0.25) is 0 Å². The van der Waals surface area contributed by atoms with Crippen LogP contribution in [0.15, 0.2) is 30.6 Å². The van der Waals surface area contributed by atoms with Crippen LogP contribution in [-0.4, -0.2) is 11.5 Å². The van der Waals surface area contributed by atoms with E-state index in [2.05, 4.69) is 37.1 Å². The summed E-state index contributed by atoms with van der Waals surface area (Å²) in [7, 11) is 0. The summed E-state index contributed by atoms with van der Waals surface area (Å²) in [5.74, 6) is 1.29. The van der Waals surface area contributed by atoms with Crippen molar-refractivity contribution in [3.05, 3.63) is 30.6 Å². The Bertz CT molecular complexity index is 534. The first kappa shape index (κ1) is 12.7. The number of nitrogens with one attached hydrogen (secondary N) is 1. The molecule has 18 heavy (non-hydrogen) atoms. The second-order valence-electron chi connectivity index (χ2n) is 5.23. The summed E-state index contributed by atoms with van der Waals surface area (Å²) in [6.45, 7) is 7.67. The van der Waals surface area contributed by atoms with Gasteiger partial charge in [0.25, 0.3) is 0 Å². The minimum Gasteiger partial charge on any atom is -0.397 e. The van der Waals surface area contributed by atoms with Crippen LogP contribution in [0.1, 0.15) is 20.8 Å². The Hall–Kier alpha value is -1.77. The molecule has 0 spiro atoms. The van der Waals surface area contributed by atoms with Gasteiger partial charge in [-0.05, 0) is 24.0 Å². The van der Waals surface area contributed by atoms with E-state index < -0.39 is 0 Å². The van der Waals surface area contributed by atoms with E-state index in [0.29, 0.717) is 11.8 Å². The zero-order chi connectivity index (χ0) is 13.1. The third-order valence-electron chi connectivity index (χ3n) is 3.61. The number of nitrogen functional groups attached to an aromatic ring is 1. The Morgan fingerprint density at radius 1 is 1.22 bits per heavy atom. The number of hydrogen-bond donors (Lipinski definition) is 2. The number of anilines is 2. The van der Waals surface area contributed by atoms with Crippen molar-refractivity contribution in [3.63, 3.8) is 0 Å². The number of nitrogens with zero attached hydrogens (tertiary/aromatic N) is 1. The molecule has 1 aromatic carbocycles. The standard InChI is InChI=1S/C15H21N3/c1-10(2)11(3)8-18-14-5-4-12-9-17-7-6-13(12)15(14)16/h4-7,9-11,18H,8,16H2,1-3H3. The van der Waals surface area contributed by atoms with Crippen molar-refractivity contribution in [3.8, 4) is 0 Å². The van der Waals surface area contributed by atoms with Crippen LogP contribution in [0, 0.1) is 11.8 Å². The molecule has 1 aromatic heterocycles. The van der Waals surface area contributed by atoms with E-state index in [4.69, 9.17) is 5.73 Å². The van der Waals surface area contributed by atoms with E-state index in [0.717, 1.165) is 28.7 Å². The molecular weight excluding hydrogens is 222 g/mol. The fourth-order valence-electron chi connectivity index (χ4n) is 1.85. The van der Waals surface area contributed by atoms with Gasteiger partial charge in [-0.15, -0.1) is 0 Å². The monoisotopic (exact) mass is 243 g/mol. The van der Waals surface area contributed by atoms with Gasteiger partial charge in [-0.1, -0.05) is 26.8 Å². The minimum atomic E-state index is 0.623. The summed E-state index contributed by atoms with van der Waals surface area (Å²) in [5.41, 5.74) is 8.02. The lowest BCUT2D eigenvalue weighted by Gasteiger charge is -2.18. The molecule has 0 aliphatic carbocycles. The molecule has 1 heterocycles. The van der Waals surface area contributed by atoms with Crippen molar-refractivity contribution in [2.24, 2.45) is 11.8 Å². The largest absolute Gasteiger partial charge is 0.397 e. The molecule has 0 amide bonds. The molecular formula is C15H21N3. The normalized spacial score (nSPS) is 12.9. The maximum atomic E-state index is 6.19. The lowest BCUT2D eigenvalue weighted by Crippen LogP contribution is -2.16. The second kappa shape index (κ2) is 5.25. The number of pyridine rings is 1.